The van der Waals surface area contributed by atoms with E-state index in [4.69, 9.17) is 0 Å². The van der Waals surface area contributed by atoms with Crippen molar-refractivity contribution in [1.82, 2.24) is 20.2 Å². The molecule has 8 nitrogen and oxygen atoms in total. The topological polar surface area (TPSA) is 104 Å². The second kappa shape index (κ2) is 8.77. The summed E-state index contributed by atoms with van der Waals surface area (Å²) in [5.41, 5.74) is 1.74. The molecule has 3 rings (SSSR count). The first kappa shape index (κ1) is 21.0. The van der Waals surface area contributed by atoms with Crippen LogP contribution in [0.3, 0.4) is 0 Å². The van der Waals surface area contributed by atoms with Gasteiger partial charge in [-0.1, -0.05) is 41.9 Å². The zero-order valence-corrected chi connectivity index (χ0v) is 18.0. The molecule has 2 aromatic rings. The molecule has 0 bridgehead atoms. The van der Waals surface area contributed by atoms with Gasteiger partial charge in [0.25, 0.3) is 0 Å². The number of ether oxygens (including phenoxy) is 1. The zero-order chi connectivity index (χ0) is 21.1. The Balaban J connectivity index is 1.84. The number of hydrogen-bond acceptors (Lipinski definition) is 5. The summed E-state index contributed by atoms with van der Waals surface area (Å²) in [4.78, 5) is 46.1. The molecule has 1 aromatic heterocycles. The summed E-state index contributed by atoms with van der Waals surface area (Å²) >= 11 is 3.41. The molecule has 0 saturated carbocycles. The normalized spacial score (nSPS) is 17.5. The van der Waals surface area contributed by atoms with E-state index in [9.17, 15) is 14.4 Å². The van der Waals surface area contributed by atoms with Crippen molar-refractivity contribution < 1.29 is 19.1 Å². The van der Waals surface area contributed by atoms with E-state index in [0.29, 0.717) is 5.82 Å². The number of aromatic amines is 1. The average molecular weight is 463 g/mol. The van der Waals surface area contributed by atoms with Crippen LogP contribution in [0.5, 0.6) is 0 Å². The minimum atomic E-state index is -0.795. The molecular formula is C20H23BrN4O4. The lowest BCUT2D eigenvalue weighted by Crippen LogP contribution is -2.51. The number of H-pyrrole nitrogens is 1. The first-order chi connectivity index (χ1) is 13.8. The van der Waals surface area contributed by atoms with Crippen molar-refractivity contribution in [3.63, 3.8) is 0 Å². The SMILES string of the molecule is COC(=O)N[C@H](C(=O)N1CC(=O)C[C@H]1c1ncc(-c2ccc(Br)cc2)[nH]1)C(C)C. The molecular weight excluding hydrogens is 440 g/mol. The van der Waals surface area contributed by atoms with Crippen LogP contribution in [-0.4, -0.2) is 52.3 Å². The number of aromatic nitrogens is 2. The highest BCUT2D eigenvalue weighted by Gasteiger charge is 2.40. The highest BCUT2D eigenvalue weighted by atomic mass is 79.9. The molecule has 9 heteroatoms. The number of rotatable bonds is 5. The fourth-order valence-corrected chi connectivity index (χ4v) is 3.59. The van der Waals surface area contributed by atoms with E-state index < -0.39 is 18.2 Å². The van der Waals surface area contributed by atoms with Crippen LogP contribution in [0.25, 0.3) is 11.3 Å². The molecule has 0 aliphatic carbocycles. The maximum absolute atomic E-state index is 13.1. The fourth-order valence-electron chi connectivity index (χ4n) is 3.33. The summed E-state index contributed by atoms with van der Waals surface area (Å²) in [6.07, 6.45) is 1.19. The lowest BCUT2D eigenvalue weighted by atomic mass is 10.0. The maximum Gasteiger partial charge on any atom is 0.407 e. The number of Topliss-reactive ketones (excluding diaryl/α,β-unsaturated/α-hetero) is 1. The predicted octanol–water partition coefficient (Wildman–Crippen LogP) is 3.06. The quantitative estimate of drug-likeness (QED) is 0.710. The Kier molecular flexibility index (Phi) is 6.36. The molecule has 0 unspecified atom stereocenters. The molecule has 1 fully saturated rings. The number of amides is 2. The van der Waals surface area contributed by atoms with Gasteiger partial charge < -0.3 is 19.9 Å². The third-order valence-corrected chi connectivity index (χ3v) is 5.41. The Labute approximate surface area is 177 Å². The van der Waals surface area contributed by atoms with Gasteiger partial charge in [-0.15, -0.1) is 0 Å². The molecule has 2 amide bonds. The first-order valence-corrected chi connectivity index (χ1v) is 10.1. The Morgan fingerprint density at radius 1 is 1.31 bits per heavy atom. The van der Waals surface area contributed by atoms with Gasteiger partial charge in [0.1, 0.15) is 11.9 Å². The molecule has 2 heterocycles. The molecule has 1 aliphatic rings. The van der Waals surface area contributed by atoms with Crippen molar-refractivity contribution in [2.45, 2.75) is 32.4 Å². The fraction of sp³-hybridized carbons (Fsp3) is 0.400. The molecule has 0 radical (unpaired) electrons. The molecule has 2 N–H and O–H groups in total. The maximum atomic E-state index is 13.1. The Morgan fingerprint density at radius 3 is 2.62 bits per heavy atom. The van der Waals surface area contributed by atoms with E-state index >= 15 is 0 Å². The first-order valence-electron chi connectivity index (χ1n) is 9.27. The van der Waals surface area contributed by atoms with E-state index in [0.717, 1.165) is 15.7 Å². The van der Waals surface area contributed by atoms with Gasteiger partial charge >= 0.3 is 6.09 Å². The molecule has 2 atom stereocenters. The average Bonchev–Trinajstić information content (AvgIpc) is 3.32. The molecule has 1 aromatic carbocycles. The van der Waals surface area contributed by atoms with Gasteiger partial charge in [0, 0.05) is 10.9 Å². The van der Waals surface area contributed by atoms with Crippen LogP contribution >= 0.6 is 15.9 Å². The van der Waals surface area contributed by atoms with Gasteiger partial charge in [-0.05, 0) is 23.6 Å². The summed E-state index contributed by atoms with van der Waals surface area (Å²) in [5.74, 6) is -0.0102. The summed E-state index contributed by atoms with van der Waals surface area (Å²) in [6, 6.07) is 6.45. The third kappa shape index (κ3) is 4.67. The number of hydrogen-bond donors (Lipinski definition) is 2. The number of methoxy groups -OCH3 is 1. The van der Waals surface area contributed by atoms with Gasteiger partial charge in [0.05, 0.1) is 31.6 Å². The minimum Gasteiger partial charge on any atom is -0.453 e. The lowest BCUT2D eigenvalue weighted by Gasteiger charge is -2.29. The number of nitrogens with zero attached hydrogens (tertiary/aromatic N) is 2. The number of alkyl carbamates (subject to hydrolysis) is 1. The Bertz CT molecular complexity index is 909. The molecule has 1 aliphatic heterocycles. The second-order valence-electron chi connectivity index (χ2n) is 7.27. The van der Waals surface area contributed by atoms with Crippen molar-refractivity contribution >= 4 is 33.7 Å². The van der Waals surface area contributed by atoms with E-state index in [-0.39, 0.29) is 30.6 Å². The molecule has 1 saturated heterocycles. The summed E-state index contributed by atoms with van der Waals surface area (Å²) < 4.78 is 5.60. The molecule has 154 valence electrons. The second-order valence-corrected chi connectivity index (χ2v) is 8.19. The Morgan fingerprint density at radius 2 is 2.00 bits per heavy atom. The van der Waals surface area contributed by atoms with Crippen LogP contribution in [0.4, 0.5) is 4.79 Å². The number of carbonyl (C=O) groups excluding carboxylic acids is 3. The summed E-state index contributed by atoms with van der Waals surface area (Å²) in [7, 11) is 1.24. The van der Waals surface area contributed by atoms with E-state index in [2.05, 4.69) is 36.0 Å². The van der Waals surface area contributed by atoms with Gasteiger partial charge in [-0.25, -0.2) is 9.78 Å². The van der Waals surface area contributed by atoms with Crippen LogP contribution in [0, 0.1) is 5.92 Å². The van der Waals surface area contributed by atoms with Gasteiger partial charge in [-0.3, -0.25) is 9.59 Å². The van der Waals surface area contributed by atoms with Crippen LogP contribution in [0.15, 0.2) is 34.9 Å². The minimum absolute atomic E-state index is 0.0100. The van der Waals surface area contributed by atoms with E-state index in [1.54, 1.807) is 6.20 Å². The van der Waals surface area contributed by atoms with E-state index in [1.807, 2.05) is 38.1 Å². The van der Waals surface area contributed by atoms with Crippen LogP contribution in [0.2, 0.25) is 0 Å². The van der Waals surface area contributed by atoms with Crippen molar-refractivity contribution in [3.05, 3.63) is 40.8 Å². The van der Waals surface area contributed by atoms with Crippen molar-refractivity contribution in [2.75, 3.05) is 13.7 Å². The number of ketones is 1. The highest BCUT2D eigenvalue weighted by Crippen LogP contribution is 2.31. The molecule has 29 heavy (non-hydrogen) atoms. The van der Waals surface area contributed by atoms with Crippen LogP contribution in [-0.2, 0) is 14.3 Å². The van der Waals surface area contributed by atoms with Gasteiger partial charge in [0.2, 0.25) is 5.91 Å². The standard InChI is InChI=1S/C20H23BrN4O4/c1-11(2)17(24-20(28)29-3)19(27)25-10-14(26)8-16(25)18-22-9-15(23-18)12-4-6-13(21)7-5-12/h4-7,9,11,16-17H,8,10H2,1-3H3,(H,22,23)(H,24,28)/t16-,17-/m0/s1. The number of benzene rings is 1. The smallest absolute Gasteiger partial charge is 0.407 e. The lowest BCUT2D eigenvalue weighted by molar-refractivity contribution is -0.136. The Hall–Kier alpha value is -2.68. The monoisotopic (exact) mass is 462 g/mol. The van der Waals surface area contributed by atoms with Crippen molar-refractivity contribution in [3.8, 4) is 11.3 Å². The highest BCUT2D eigenvalue weighted by molar-refractivity contribution is 9.10. The summed E-state index contributed by atoms with van der Waals surface area (Å²) in [6.45, 7) is 3.64. The van der Waals surface area contributed by atoms with Crippen LogP contribution < -0.4 is 5.32 Å². The van der Waals surface area contributed by atoms with Gasteiger partial charge in [-0.2, -0.15) is 0 Å². The number of carbonyl (C=O) groups is 3. The van der Waals surface area contributed by atoms with E-state index in [1.165, 1.54) is 12.0 Å². The van der Waals surface area contributed by atoms with Crippen molar-refractivity contribution in [1.29, 1.82) is 0 Å². The zero-order valence-electron chi connectivity index (χ0n) is 16.4. The van der Waals surface area contributed by atoms with Crippen molar-refractivity contribution in [2.24, 2.45) is 5.92 Å². The third-order valence-electron chi connectivity index (χ3n) is 4.88. The molecule has 0 spiro atoms. The number of halogens is 1. The largest absolute Gasteiger partial charge is 0.453 e. The van der Waals surface area contributed by atoms with Gasteiger partial charge in [0.15, 0.2) is 5.78 Å². The number of imidazole rings is 1. The van der Waals surface area contributed by atoms with Crippen LogP contribution in [0.1, 0.15) is 32.1 Å². The number of likely N-dealkylation sites (tertiary alicyclic amines) is 1. The predicted molar refractivity (Wildman–Crippen MR) is 110 cm³/mol. The number of nitrogens with one attached hydrogen (secondary N) is 2. The summed E-state index contributed by atoms with van der Waals surface area (Å²) in [5, 5.41) is 2.57.